The molecular formula is C16H28N4O. The molecule has 1 N–H and O–H groups in total. The van der Waals surface area contributed by atoms with Gasteiger partial charge in [-0.1, -0.05) is 13.8 Å². The Balaban J connectivity index is 2.05. The first-order valence-electron chi connectivity index (χ1n) is 7.84. The van der Waals surface area contributed by atoms with Gasteiger partial charge in [-0.05, 0) is 39.0 Å². The fourth-order valence-electron chi connectivity index (χ4n) is 3.38. The maximum Gasteiger partial charge on any atom is 0.241 e. The molecule has 1 aromatic heterocycles. The Morgan fingerprint density at radius 3 is 2.33 bits per heavy atom. The van der Waals surface area contributed by atoms with Crippen molar-refractivity contribution in [2.75, 3.05) is 18.4 Å². The van der Waals surface area contributed by atoms with Gasteiger partial charge in [0, 0.05) is 20.1 Å². The van der Waals surface area contributed by atoms with Gasteiger partial charge in [0.15, 0.2) is 0 Å². The number of aromatic nitrogens is 2. The predicted molar refractivity (Wildman–Crippen MR) is 85.3 cm³/mol. The van der Waals surface area contributed by atoms with Gasteiger partial charge in [-0.25, -0.2) is 0 Å². The summed E-state index contributed by atoms with van der Waals surface area (Å²) in [6, 6.07) is -0.103. The molecule has 0 spiro atoms. The molecule has 1 amide bonds. The molecule has 1 fully saturated rings. The van der Waals surface area contributed by atoms with Crippen LogP contribution in [-0.2, 0) is 11.8 Å². The van der Waals surface area contributed by atoms with E-state index in [1.165, 1.54) is 6.42 Å². The third-order valence-electron chi connectivity index (χ3n) is 4.58. The van der Waals surface area contributed by atoms with Crippen molar-refractivity contribution in [3.63, 3.8) is 0 Å². The first kappa shape index (κ1) is 16.0. The Morgan fingerprint density at radius 2 is 1.86 bits per heavy atom. The number of piperidine rings is 1. The van der Waals surface area contributed by atoms with Crippen molar-refractivity contribution in [2.24, 2.45) is 18.9 Å². The molecule has 0 bridgehead atoms. The highest BCUT2D eigenvalue weighted by atomic mass is 16.2. The lowest BCUT2D eigenvalue weighted by molar-refractivity contribution is -0.121. The van der Waals surface area contributed by atoms with Gasteiger partial charge in [-0.15, -0.1) is 0 Å². The number of carbonyl (C=O) groups excluding carboxylic acids is 1. The van der Waals surface area contributed by atoms with Gasteiger partial charge in [-0.2, -0.15) is 5.10 Å². The van der Waals surface area contributed by atoms with Gasteiger partial charge in [0.05, 0.1) is 23.1 Å². The van der Waals surface area contributed by atoms with Gasteiger partial charge < -0.3 is 5.32 Å². The summed E-state index contributed by atoms with van der Waals surface area (Å²) in [5.74, 6) is 1.38. The Labute approximate surface area is 127 Å². The summed E-state index contributed by atoms with van der Waals surface area (Å²) in [6.07, 6.45) is 1.26. The molecule has 5 nitrogen and oxygen atoms in total. The van der Waals surface area contributed by atoms with E-state index >= 15 is 0 Å². The second-order valence-corrected chi connectivity index (χ2v) is 6.73. The van der Waals surface area contributed by atoms with Crippen LogP contribution in [-0.4, -0.2) is 39.7 Å². The van der Waals surface area contributed by atoms with Crippen LogP contribution in [0.1, 0.15) is 38.6 Å². The summed E-state index contributed by atoms with van der Waals surface area (Å²) in [7, 11) is 1.90. The molecule has 0 aromatic carbocycles. The minimum Gasteiger partial charge on any atom is -0.322 e. The van der Waals surface area contributed by atoms with Gasteiger partial charge >= 0.3 is 0 Å². The van der Waals surface area contributed by atoms with Gasteiger partial charge in [-0.3, -0.25) is 14.4 Å². The molecule has 1 saturated heterocycles. The van der Waals surface area contributed by atoms with Crippen LogP contribution in [0.3, 0.4) is 0 Å². The molecule has 5 heteroatoms. The fraction of sp³-hybridized carbons (Fsp3) is 0.750. The minimum atomic E-state index is -0.103. The highest BCUT2D eigenvalue weighted by Gasteiger charge is 2.29. The van der Waals surface area contributed by atoms with E-state index in [4.69, 9.17) is 0 Å². The monoisotopic (exact) mass is 292 g/mol. The molecule has 0 saturated carbocycles. The van der Waals surface area contributed by atoms with E-state index < -0.39 is 0 Å². The average molecular weight is 292 g/mol. The average Bonchev–Trinajstić information content (AvgIpc) is 2.63. The zero-order valence-corrected chi connectivity index (χ0v) is 14.1. The summed E-state index contributed by atoms with van der Waals surface area (Å²) >= 11 is 0. The molecule has 0 radical (unpaired) electrons. The number of carbonyl (C=O) groups is 1. The SMILES string of the molecule is Cc1nn(C)c(C)c1NC(=O)C(C)N1CC(C)CC(C)C1. The predicted octanol–water partition coefficient (Wildman–Crippen LogP) is 2.34. The van der Waals surface area contributed by atoms with E-state index in [2.05, 4.69) is 29.2 Å². The number of rotatable bonds is 3. The quantitative estimate of drug-likeness (QED) is 0.930. The van der Waals surface area contributed by atoms with Crippen molar-refractivity contribution in [2.45, 2.75) is 47.1 Å². The second-order valence-electron chi connectivity index (χ2n) is 6.73. The first-order chi connectivity index (χ1) is 9.79. The normalized spacial score (nSPS) is 24.9. The van der Waals surface area contributed by atoms with Crippen LogP contribution in [0.15, 0.2) is 0 Å². The van der Waals surface area contributed by atoms with E-state index in [1.807, 2.05) is 27.8 Å². The van der Waals surface area contributed by atoms with Gasteiger partial charge in [0.1, 0.15) is 0 Å². The zero-order valence-electron chi connectivity index (χ0n) is 14.1. The van der Waals surface area contributed by atoms with Crippen molar-refractivity contribution in [1.82, 2.24) is 14.7 Å². The lowest BCUT2D eigenvalue weighted by atomic mass is 9.91. The molecule has 1 aliphatic heterocycles. The van der Waals surface area contributed by atoms with Crippen molar-refractivity contribution in [3.8, 4) is 0 Å². The van der Waals surface area contributed by atoms with Gasteiger partial charge in [0.25, 0.3) is 0 Å². The number of likely N-dealkylation sites (tertiary alicyclic amines) is 1. The summed E-state index contributed by atoms with van der Waals surface area (Å²) in [5, 5.41) is 7.41. The summed E-state index contributed by atoms with van der Waals surface area (Å²) in [6.45, 7) is 12.4. The molecule has 2 heterocycles. The van der Waals surface area contributed by atoms with Crippen LogP contribution in [0.4, 0.5) is 5.69 Å². The topological polar surface area (TPSA) is 50.2 Å². The molecule has 118 valence electrons. The van der Waals surface area contributed by atoms with E-state index in [1.54, 1.807) is 4.68 Å². The zero-order chi connectivity index (χ0) is 15.7. The molecule has 1 aromatic rings. The lowest BCUT2D eigenvalue weighted by Gasteiger charge is -2.38. The number of hydrogen-bond acceptors (Lipinski definition) is 3. The van der Waals surface area contributed by atoms with E-state index in [0.717, 1.165) is 30.2 Å². The number of nitrogens with one attached hydrogen (secondary N) is 1. The van der Waals surface area contributed by atoms with Crippen molar-refractivity contribution in [3.05, 3.63) is 11.4 Å². The third-order valence-corrected chi connectivity index (χ3v) is 4.58. The van der Waals surface area contributed by atoms with E-state index in [-0.39, 0.29) is 11.9 Å². The highest BCUT2D eigenvalue weighted by molar-refractivity contribution is 5.95. The second kappa shape index (κ2) is 6.18. The standard InChI is InChI=1S/C16H28N4O/c1-10-7-11(2)9-20(8-10)14(5)16(21)17-15-12(3)18-19(6)13(15)4/h10-11,14H,7-9H2,1-6H3,(H,17,21). The maximum absolute atomic E-state index is 12.5. The first-order valence-corrected chi connectivity index (χ1v) is 7.84. The Bertz CT molecular complexity index is 513. The summed E-state index contributed by atoms with van der Waals surface area (Å²) < 4.78 is 1.81. The smallest absolute Gasteiger partial charge is 0.241 e. The van der Waals surface area contributed by atoms with E-state index in [9.17, 15) is 4.79 Å². The Kier molecular flexibility index (Phi) is 4.71. The van der Waals surface area contributed by atoms with Crippen molar-refractivity contribution >= 4 is 11.6 Å². The van der Waals surface area contributed by atoms with Crippen molar-refractivity contribution < 1.29 is 4.79 Å². The largest absolute Gasteiger partial charge is 0.322 e. The molecule has 2 rings (SSSR count). The van der Waals surface area contributed by atoms with Crippen LogP contribution in [0.2, 0.25) is 0 Å². The van der Waals surface area contributed by atoms with Crippen molar-refractivity contribution in [1.29, 1.82) is 0 Å². The molecule has 3 unspecified atom stereocenters. The summed E-state index contributed by atoms with van der Waals surface area (Å²) in [4.78, 5) is 14.8. The van der Waals surface area contributed by atoms with Gasteiger partial charge in [0.2, 0.25) is 5.91 Å². The van der Waals surface area contributed by atoms with Crippen LogP contribution in [0.5, 0.6) is 0 Å². The Hall–Kier alpha value is -1.36. The number of aryl methyl sites for hydroxylation is 2. The number of amides is 1. The molecule has 21 heavy (non-hydrogen) atoms. The van der Waals surface area contributed by atoms with Crippen LogP contribution < -0.4 is 5.32 Å². The number of hydrogen-bond donors (Lipinski definition) is 1. The summed E-state index contributed by atoms with van der Waals surface area (Å²) in [5.41, 5.74) is 2.72. The molecule has 0 aliphatic carbocycles. The maximum atomic E-state index is 12.5. The number of anilines is 1. The molecule has 3 atom stereocenters. The molecule has 1 aliphatic rings. The third kappa shape index (κ3) is 3.46. The fourth-order valence-corrected chi connectivity index (χ4v) is 3.38. The highest BCUT2D eigenvalue weighted by Crippen LogP contribution is 2.24. The van der Waals surface area contributed by atoms with Crippen LogP contribution in [0.25, 0.3) is 0 Å². The number of nitrogens with zero attached hydrogens (tertiary/aromatic N) is 3. The van der Waals surface area contributed by atoms with Crippen LogP contribution in [0, 0.1) is 25.7 Å². The minimum absolute atomic E-state index is 0.0653. The lowest BCUT2D eigenvalue weighted by Crippen LogP contribution is -2.48. The van der Waals surface area contributed by atoms with E-state index in [0.29, 0.717) is 11.8 Å². The molecular weight excluding hydrogens is 264 g/mol. The Morgan fingerprint density at radius 1 is 1.29 bits per heavy atom. The van der Waals surface area contributed by atoms with Crippen LogP contribution >= 0.6 is 0 Å².